The molecule has 26 heavy (non-hydrogen) atoms. The molecule has 0 aliphatic rings. The van der Waals surface area contributed by atoms with Crippen LogP contribution in [0.3, 0.4) is 0 Å². The van der Waals surface area contributed by atoms with Gasteiger partial charge in [0, 0.05) is 11.4 Å². The van der Waals surface area contributed by atoms with Crippen molar-refractivity contribution in [3.8, 4) is 0 Å². The Kier molecular flexibility index (Phi) is 5.30. The van der Waals surface area contributed by atoms with Gasteiger partial charge in [-0.25, -0.2) is 8.42 Å². The Morgan fingerprint density at radius 1 is 1.04 bits per heavy atom. The quantitative estimate of drug-likeness (QED) is 0.555. The first-order valence-corrected chi connectivity index (χ1v) is 9.93. The zero-order valence-electron chi connectivity index (χ0n) is 14.1. The Labute approximate surface area is 157 Å². The van der Waals surface area contributed by atoms with E-state index in [-0.39, 0.29) is 22.9 Å². The largest absolute Gasteiger partial charge is 0.461 e. The van der Waals surface area contributed by atoms with Gasteiger partial charge in [0.15, 0.2) is 21.4 Å². The summed E-state index contributed by atoms with van der Waals surface area (Å²) in [5.41, 5.74) is 1.47. The predicted octanol–water partition coefficient (Wildman–Crippen LogP) is 5.03. The molecule has 6 heteroatoms. The van der Waals surface area contributed by atoms with E-state index in [1.165, 1.54) is 12.3 Å². The molecule has 1 atom stereocenters. The standard InChI is InChI=1S/C20H17ClO4S/c1-14-4-10-17(11-5-14)26(23,24)20(15-6-8-16(21)9-7-15)13-18(22)19-3-2-12-25-19/h2-12,20H,13H2,1H3. The third kappa shape index (κ3) is 3.89. The summed E-state index contributed by atoms with van der Waals surface area (Å²) in [5, 5.41) is -0.530. The van der Waals surface area contributed by atoms with E-state index >= 15 is 0 Å². The summed E-state index contributed by atoms with van der Waals surface area (Å²) in [6.07, 6.45) is 1.17. The highest BCUT2D eigenvalue weighted by atomic mass is 35.5. The molecule has 2 aromatic carbocycles. The van der Waals surface area contributed by atoms with Gasteiger partial charge in [0.1, 0.15) is 0 Å². The number of carbonyl (C=O) groups excluding carboxylic acids is 1. The van der Waals surface area contributed by atoms with Gasteiger partial charge in [0.05, 0.1) is 16.4 Å². The lowest BCUT2D eigenvalue weighted by Gasteiger charge is -2.18. The lowest BCUT2D eigenvalue weighted by Crippen LogP contribution is -2.18. The van der Waals surface area contributed by atoms with Crippen LogP contribution in [0.1, 0.15) is 33.4 Å². The summed E-state index contributed by atoms with van der Waals surface area (Å²) in [7, 11) is -3.78. The maximum atomic E-state index is 13.2. The van der Waals surface area contributed by atoms with Crippen molar-refractivity contribution in [3.05, 3.63) is 88.8 Å². The van der Waals surface area contributed by atoms with E-state index in [2.05, 4.69) is 0 Å². The second kappa shape index (κ2) is 7.48. The van der Waals surface area contributed by atoms with Gasteiger partial charge in [-0.1, -0.05) is 41.4 Å². The third-order valence-electron chi connectivity index (χ3n) is 4.13. The van der Waals surface area contributed by atoms with Crippen molar-refractivity contribution >= 4 is 27.2 Å². The summed E-state index contributed by atoms with van der Waals surface area (Å²) in [6.45, 7) is 1.88. The van der Waals surface area contributed by atoms with Crippen molar-refractivity contribution in [3.63, 3.8) is 0 Å². The average Bonchev–Trinajstić information content (AvgIpc) is 3.15. The number of ketones is 1. The monoisotopic (exact) mass is 388 g/mol. The summed E-state index contributed by atoms with van der Waals surface area (Å²) in [6, 6.07) is 16.2. The van der Waals surface area contributed by atoms with Crippen LogP contribution < -0.4 is 0 Å². The lowest BCUT2D eigenvalue weighted by atomic mass is 10.1. The molecular formula is C20H17ClO4S. The van der Waals surface area contributed by atoms with Crippen LogP contribution in [0, 0.1) is 6.92 Å². The Bertz CT molecular complexity index is 989. The molecular weight excluding hydrogens is 372 g/mol. The number of rotatable bonds is 6. The summed E-state index contributed by atoms with van der Waals surface area (Å²) in [5.74, 6) is -0.228. The minimum atomic E-state index is -3.78. The Balaban J connectivity index is 2.03. The highest BCUT2D eigenvalue weighted by Crippen LogP contribution is 2.33. The first kappa shape index (κ1) is 18.4. The van der Waals surface area contributed by atoms with E-state index < -0.39 is 15.1 Å². The molecule has 0 fully saturated rings. The fraction of sp³-hybridized carbons (Fsp3) is 0.150. The third-order valence-corrected chi connectivity index (χ3v) is 6.50. The molecule has 134 valence electrons. The highest BCUT2D eigenvalue weighted by Gasteiger charge is 2.32. The number of furan rings is 1. The molecule has 0 radical (unpaired) electrons. The van der Waals surface area contributed by atoms with Crippen LogP contribution in [0.15, 0.2) is 76.2 Å². The van der Waals surface area contributed by atoms with Crippen molar-refractivity contribution in [2.24, 2.45) is 0 Å². The summed E-state index contributed by atoms with van der Waals surface area (Å²) in [4.78, 5) is 12.7. The topological polar surface area (TPSA) is 64.3 Å². The van der Waals surface area contributed by atoms with Crippen LogP contribution >= 0.6 is 11.6 Å². The second-order valence-electron chi connectivity index (χ2n) is 6.00. The van der Waals surface area contributed by atoms with Crippen molar-refractivity contribution in [2.75, 3.05) is 0 Å². The molecule has 0 saturated carbocycles. The normalized spacial score (nSPS) is 12.7. The van der Waals surface area contributed by atoms with Crippen molar-refractivity contribution < 1.29 is 17.6 Å². The van der Waals surface area contributed by atoms with Crippen LogP contribution in [0.25, 0.3) is 0 Å². The number of aryl methyl sites for hydroxylation is 1. The van der Waals surface area contributed by atoms with E-state index in [1.54, 1.807) is 54.6 Å². The van der Waals surface area contributed by atoms with Gasteiger partial charge in [0.2, 0.25) is 0 Å². The molecule has 0 aliphatic carbocycles. The Hall–Kier alpha value is -2.37. The van der Waals surface area contributed by atoms with E-state index in [9.17, 15) is 13.2 Å². The molecule has 3 aromatic rings. The number of carbonyl (C=O) groups is 1. The highest BCUT2D eigenvalue weighted by molar-refractivity contribution is 7.91. The fourth-order valence-corrected chi connectivity index (χ4v) is 4.54. The van der Waals surface area contributed by atoms with Crippen LogP contribution in [0.4, 0.5) is 0 Å². The first-order chi connectivity index (χ1) is 12.4. The van der Waals surface area contributed by atoms with Crippen LogP contribution in [-0.2, 0) is 9.84 Å². The van der Waals surface area contributed by atoms with Crippen LogP contribution in [0.5, 0.6) is 0 Å². The molecule has 4 nitrogen and oxygen atoms in total. The average molecular weight is 389 g/mol. The molecule has 0 saturated heterocycles. The molecule has 0 aliphatic heterocycles. The van der Waals surface area contributed by atoms with Gasteiger partial charge in [-0.15, -0.1) is 0 Å². The number of benzene rings is 2. The molecule has 0 bridgehead atoms. The van der Waals surface area contributed by atoms with Crippen molar-refractivity contribution in [2.45, 2.75) is 23.5 Å². The summed E-state index contributed by atoms with van der Waals surface area (Å²) >= 11 is 5.92. The van der Waals surface area contributed by atoms with Crippen LogP contribution in [-0.4, -0.2) is 14.2 Å². The molecule has 0 spiro atoms. The van der Waals surface area contributed by atoms with Gasteiger partial charge in [-0.2, -0.15) is 0 Å². The fourth-order valence-electron chi connectivity index (χ4n) is 2.68. The maximum absolute atomic E-state index is 13.2. The van der Waals surface area contributed by atoms with Crippen molar-refractivity contribution in [1.29, 1.82) is 0 Å². The van der Waals surface area contributed by atoms with E-state index in [4.69, 9.17) is 16.0 Å². The number of sulfone groups is 1. The zero-order valence-corrected chi connectivity index (χ0v) is 15.6. The second-order valence-corrected chi connectivity index (χ2v) is 8.57. The zero-order chi connectivity index (χ0) is 18.7. The number of Topliss-reactive ketones (excluding diaryl/α,β-unsaturated/α-hetero) is 1. The smallest absolute Gasteiger partial charge is 0.199 e. The molecule has 1 aromatic heterocycles. The minimum absolute atomic E-state index is 0.142. The molecule has 0 N–H and O–H groups in total. The van der Waals surface area contributed by atoms with Gasteiger partial charge >= 0.3 is 0 Å². The Morgan fingerprint density at radius 3 is 2.27 bits per heavy atom. The lowest BCUT2D eigenvalue weighted by molar-refractivity contribution is 0.0954. The van der Waals surface area contributed by atoms with Crippen LogP contribution in [0.2, 0.25) is 5.02 Å². The maximum Gasteiger partial charge on any atom is 0.199 e. The molecule has 0 amide bonds. The van der Waals surface area contributed by atoms with Gasteiger partial charge < -0.3 is 4.42 Å². The number of hydrogen-bond donors (Lipinski definition) is 0. The minimum Gasteiger partial charge on any atom is -0.461 e. The predicted molar refractivity (Wildman–Crippen MR) is 100 cm³/mol. The summed E-state index contributed by atoms with van der Waals surface area (Å²) < 4.78 is 31.6. The molecule has 1 heterocycles. The number of hydrogen-bond acceptors (Lipinski definition) is 4. The van der Waals surface area contributed by atoms with Gasteiger partial charge in [-0.05, 0) is 48.9 Å². The van der Waals surface area contributed by atoms with Crippen molar-refractivity contribution in [1.82, 2.24) is 0 Å². The van der Waals surface area contributed by atoms with E-state index in [0.717, 1.165) is 5.56 Å². The van der Waals surface area contributed by atoms with Gasteiger partial charge in [-0.3, -0.25) is 4.79 Å². The van der Waals surface area contributed by atoms with E-state index in [0.29, 0.717) is 10.6 Å². The molecule has 1 unspecified atom stereocenters. The molecule has 3 rings (SSSR count). The number of halogens is 1. The van der Waals surface area contributed by atoms with Gasteiger partial charge in [0.25, 0.3) is 0 Å². The SMILES string of the molecule is Cc1ccc(S(=O)(=O)C(CC(=O)c2ccco2)c2ccc(Cl)cc2)cc1. The Morgan fingerprint density at radius 2 is 1.69 bits per heavy atom. The first-order valence-electron chi connectivity index (χ1n) is 8.00. The van der Waals surface area contributed by atoms with E-state index in [1.807, 2.05) is 6.92 Å².